The highest BCUT2D eigenvalue weighted by Crippen LogP contribution is 2.08. The largest absolute Gasteiger partial charge is 0.465 e. The number of ether oxygens (including phenoxy) is 2. The summed E-state index contributed by atoms with van der Waals surface area (Å²) in [5.41, 5.74) is 5.74. The molecule has 24 heavy (non-hydrogen) atoms. The zero-order chi connectivity index (χ0) is 18.5. The highest BCUT2D eigenvalue weighted by Gasteiger charge is 2.18. The first kappa shape index (κ1) is 22.9. The minimum atomic E-state index is -1.03. The van der Waals surface area contributed by atoms with Gasteiger partial charge in [-0.2, -0.15) is 0 Å². The van der Waals surface area contributed by atoms with Crippen LogP contribution in [0.25, 0.3) is 0 Å². The number of aliphatic hydroxyl groups is 1. The Kier molecular flexibility index (Phi) is 12.6. The third kappa shape index (κ3) is 12.3. The lowest BCUT2D eigenvalue weighted by atomic mass is 10.1. The van der Waals surface area contributed by atoms with E-state index in [1.165, 1.54) is 0 Å². The molecule has 0 aromatic heterocycles. The van der Waals surface area contributed by atoms with E-state index < -0.39 is 18.1 Å². The minimum absolute atomic E-state index is 0.254. The van der Waals surface area contributed by atoms with Crippen molar-refractivity contribution in [2.24, 2.45) is 17.6 Å². The van der Waals surface area contributed by atoms with E-state index in [1.54, 1.807) is 0 Å². The standard InChI is InChI=1S/C18H35NO5/c1-13(2)11-15(19)17(21)23-9-7-5-6-8-10-24-18(22)16(20)12-14(3)4/h13-16,20H,5-12,19H2,1-4H3. The summed E-state index contributed by atoms with van der Waals surface area (Å²) in [6, 6.07) is -0.540. The minimum Gasteiger partial charge on any atom is -0.465 e. The molecule has 0 amide bonds. The summed E-state index contributed by atoms with van der Waals surface area (Å²) >= 11 is 0. The van der Waals surface area contributed by atoms with Crippen LogP contribution >= 0.6 is 0 Å². The average Bonchev–Trinajstić information content (AvgIpc) is 2.47. The molecule has 0 aliphatic carbocycles. The van der Waals surface area contributed by atoms with Gasteiger partial charge in [0.1, 0.15) is 6.04 Å². The molecule has 0 saturated heterocycles. The number of nitrogens with two attached hydrogens (primary N) is 1. The molecule has 0 aromatic carbocycles. The summed E-state index contributed by atoms with van der Waals surface area (Å²) in [7, 11) is 0. The number of unbranched alkanes of at least 4 members (excludes halogenated alkanes) is 3. The van der Waals surface area contributed by atoms with Gasteiger partial charge in [0.2, 0.25) is 0 Å². The van der Waals surface area contributed by atoms with Crippen LogP contribution in [-0.4, -0.2) is 42.4 Å². The summed E-state index contributed by atoms with van der Waals surface area (Å²) in [5.74, 6) is -0.258. The fraction of sp³-hybridized carbons (Fsp3) is 0.889. The second-order valence-electron chi connectivity index (χ2n) is 7.13. The van der Waals surface area contributed by atoms with Gasteiger partial charge in [0, 0.05) is 0 Å². The Morgan fingerprint density at radius 3 is 1.75 bits per heavy atom. The molecular formula is C18H35NO5. The third-order valence-electron chi connectivity index (χ3n) is 3.52. The van der Waals surface area contributed by atoms with Crippen molar-refractivity contribution < 1.29 is 24.2 Å². The molecule has 0 aliphatic rings. The Bertz CT molecular complexity index is 323. The number of esters is 2. The van der Waals surface area contributed by atoms with Crippen LogP contribution in [0, 0.1) is 11.8 Å². The topological polar surface area (TPSA) is 98.9 Å². The zero-order valence-corrected chi connectivity index (χ0v) is 15.6. The number of rotatable bonds is 13. The molecule has 0 saturated carbocycles. The Morgan fingerprint density at radius 2 is 1.29 bits per heavy atom. The van der Waals surface area contributed by atoms with E-state index >= 15 is 0 Å². The van der Waals surface area contributed by atoms with Crippen molar-refractivity contribution >= 4 is 11.9 Å². The maximum absolute atomic E-state index is 11.6. The molecule has 6 heteroatoms. The van der Waals surface area contributed by atoms with E-state index in [-0.39, 0.29) is 11.9 Å². The van der Waals surface area contributed by atoms with Crippen LogP contribution in [0.4, 0.5) is 0 Å². The summed E-state index contributed by atoms with van der Waals surface area (Å²) in [6.07, 6.45) is 3.29. The molecule has 0 fully saturated rings. The first-order valence-corrected chi connectivity index (χ1v) is 9.01. The molecule has 0 spiro atoms. The molecule has 0 heterocycles. The molecule has 2 unspecified atom stereocenters. The monoisotopic (exact) mass is 345 g/mol. The van der Waals surface area contributed by atoms with Gasteiger partial charge in [-0.25, -0.2) is 4.79 Å². The highest BCUT2D eigenvalue weighted by molar-refractivity contribution is 5.75. The molecule has 0 aliphatic heterocycles. The molecule has 6 nitrogen and oxygen atoms in total. The van der Waals surface area contributed by atoms with E-state index in [2.05, 4.69) is 0 Å². The van der Waals surface area contributed by atoms with Crippen molar-refractivity contribution in [3.05, 3.63) is 0 Å². The maximum atomic E-state index is 11.6. The van der Waals surface area contributed by atoms with Crippen LogP contribution < -0.4 is 5.73 Å². The molecule has 0 rings (SSSR count). The van der Waals surface area contributed by atoms with Crippen LogP contribution in [-0.2, 0) is 19.1 Å². The Labute approximate surface area is 146 Å². The molecule has 2 atom stereocenters. The van der Waals surface area contributed by atoms with Gasteiger partial charge in [-0.1, -0.05) is 27.7 Å². The summed E-state index contributed by atoms with van der Waals surface area (Å²) in [4.78, 5) is 23.1. The van der Waals surface area contributed by atoms with E-state index in [0.29, 0.717) is 32.0 Å². The van der Waals surface area contributed by atoms with Crippen LogP contribution in [0.1, 0.15) is 66.2 Å². The summed E-state index contributed by atoms with van der Waals surface area (Å²) < 4.78 is 10.2. The van der Waals surface area contributed by atoms with Crippen molar-refractivity contribution in [1.82, 2.24) is 0 Å². The van der Waals surface area contributed by atoms with Crippen LogP contribution in [0.5, 0.6) is 0 Å². The second kappa shape index (κ2) is 13.2. The Hall–Kier alpha value is -1.14. The van der Waals surface area contributed by atoms with E-state index in [1.807, 2.05) is 27.7 Å². The van der Waals surface area contributed by atoms with Crippen molar-refractivity contribution in [2.75, 3.05) is 13.2 Å². The number of carbonyl (C=O) groups excluding carboxylic acids is 2. The van der Waals surface area contributed by atoms with Gasteiger partial charge in [0.15, 0.2) is 6.10 Å². The van der Waals surface area contributed by atoms with Gasteiger partial charge < -0.3 is 20.3 Å². The molecule has 0 aromatic rings. The molecule has 3 N–H and O–H groups in total. The highest BCUT2D eigenvalue weighted by atomic mass is 16.5. The first-order valence-electron chi connectivity index (χ1n) is 9.01. The van der Waals surface area contributed by atoms with Crippen molar-refractivity contribution in [2.45, 2.75) is 78.4 Å². The lowest BCUT2D eigenvalue weighted by molar-refractivity contribution is -0.154. The van der Waals surface area contributed by atoms with Gasteiger partial charge >= 0.3 is 11.9 Å². The van der Waals surface area contributed by atoms with Crippen molar-refractivity contribution in [3.63, 3.8) is 0 Å². The molecule has 142 valence electrons. The van der Waals surface area contributed by atoms with E-state index in [9.17, 15) is 14.7 Å². The SMILES string of the molecule is CC(C)CC(N)C(=O)OCCCCCCOC(=O)C(O)CC(C)C. The zero-order valence-electron chi connectivity index (χ0n) is 15.6. The predicted molar refractivity (Wildman–Crippen MR) is 93.3 cm³/mol. The predicted octanol–water partition coefficient (Wildman–Crippen LogP) is 2.41. The van der Waals surface area contributed by atoms with Gasteiger partial charge in [-0.15, -0.1) is 0 Å². The Balaban J connectivity index is 3.54. The van der Waals surface area contributed by atoms with Gasteiger partial charge in [-0.05, 0) is 50.4 Å². The molecule has 0 bridgehead atoms. The number of hydrogen-bond acceptors (Lipinski definition) is 6. The maximum Gasteiger partial charge on any atom is 0.334 e. The summed E-state index contributed by atoms with van der Waals surface area (Å²) in [5, 5.41) is 9.58. The average molecular weight is 345 g/mol. The molecular weight excluding hydrogens is 310 g/mol. The van der Waals surface area contributed by atoms with Crippen LogP contribution in [0.3, 0.4) is 0 Å². The fourth-order valence-corrected chi connectivity index (χ4v) is 2.25. The number of carbonyl (C=O) groups is 2. The fourth-order valence-electron chi connectivity index (χ4n) is 2.25. The van der Waals surface area contributed by atoms with Crippen LogP contribution in [0.15, 0.2) is 0 Å². The normalized spacial score (nSPS) is 13.8. The smallest absolute Gasteiger partial charge is 0.334 e. The van der Waals surface area contributed by atoms with Gasteiger partial charge in [0.05, 0.1) is 13.2 Å². The van der Waals surface area contributed by atoms with E-state index in [4.69, 9.17) is 15.2 Å². The van der Waals surface area contributed by atoms with Gasteiger partial charge in [0.25, 0.3) is 0 Å². The number of hydrogen-bond donors (Lipinski definition) is 2. The van der Waals surface area contributed by atoms with Gasteiger partial charge in [-0.3, -0.25) is 4.79 Å². The van der Waals surface area contributed by atoms with Crippen LogP contribution in [0.2, 0.25) is 0 Å². The lowest BCUT2D eigenvalue weighted by Gasteiger charge is -2.13. The quantitative estimate of drug-likeness (QED) is 0.393. The lowest BCUT2D eigenvalue weighted by Crippen LogP contribution is -2.33. The first-order chi connectivity index (χ1) is 11.2. The van der Waals surface area contributed by atoms with Crippen molar-refractivity contribution in [1.29, 1.82) is 0 Å². The Morgan fingerprint density at radius 1 is 0.833 bits per heavy atom. The second-order valence-corrected chi connectivity index (χ2v) is 7.13. The van der Waals surface area contributed by atoms with Crippen molar-refractivity contribution in [3.8, 4) is 0 Å². The third-order valence-corrected chi connectivity index (χ3v) is 3.52. The van der Waals surface area contributed by atoms with E-state index in [0.717, 1.165) is 25.7 Å². The summed E-state index contributed by atoms with van der Waals surface area (Å²) in [6.45, 7) is 8.60. The number of aliphatic hydroxyl groups excluding tert-OH is 1. The molecule has 0 radical (unpaired) electrons.